The molecule has 1 aliphatic rings. The average molecular weight is 228 g/mol. The van der Waals surface area contributed by atoms with E-state index in [9.17, 15) is 0 Å². The van der Waals surface area contributed by atoms with Crippen molar-refractivity contribution in [1.29, 1.82) is 0 Å². The molecule has 2 heterocycles. The van der Waals surface area contributed by atoms with Gasteiger partial charge in [-0.3, -0.25) is 0 Å². The Morgan fingerprint density at radius 3 is 2.57 bits per heavy atom. The van der Waals surface area contributed by atoms with Gasteiger partial charge in [0.2, 0.25) is 0 Å². The predicted molar refractivity (Wildman–Crippen MR) is 64.3 cm³/mol. The lowest BCUT2D eigenvalue weighted by Crippen LogP contribution is -2.51. The summed E-state index contributed by atoms with van der Waals surface area (Å²) < 4.78 is 0. The third-order valence-corrected chi connectivity index (χ3v) is 5.16. The number of nitrogens with zero attached hydrogens (tertiary/aromatic N) is 1. The van der Waals surface area contributed by atoms with Gasteiger partial charge in [-0.15, -0.1) is 11.3 Å². The van der Waals surface area contributed by atoms with Gasteiger partial charge in [-0.25, -0.2) is 4.98 Å². The van der Waals surface area contributed by atoms with Gasteiger partial charge in [0.1, 0.15) is 5.01 Å². The number of thiazole rings is 1. The lowest BCUT2D eigenvalue weighted by atomic mass is 10.1. The molecule has 2 rings (SSSR count). The molecular weight excluding hydrogens is 212 g/mol. The van der Waals surface area contributed by atoms with E-state index in [0.29, 0.717) is 5.92 Å². The zero-order valence-electron chi connectivity index (χ0n) is 8.83. The van der Waals surface area contributed by atoms with Gasteiger partial charge in [0.05, 0.1) is 11.2 Å². The van der Waals surface area contributed by atoms with Crippen molar-refractivity contribution in [3.63, 3.8) is 0 Å². The van der Waals surface area contributed by atoms with Crippen LogP contribution in [0.25, 0.3) is 0 Å². The van der Waals surface area contributed by atoms with Crippen molar-refractivity contribution < 1.29 is 0 Å². The van der Waals surface area contributed by atoms with Crippen LogP contribution in [0.4, 0.5) is 0 Å². The summed E-state index contributed by atoms with van der Waals surface area (Å²) in [5.74, 6) is 2.87. The predicted octanol–water partition coefficient (Wildman–Crippen LogP) is 2.43. The van der Waals surface area contributed by atoms with E-state index in [0.717, 1.165) is 11.5 Å². The molecule has 0 aromatic carbocycles. The highest BCUT2D eigenvalue weighted by atomic mass is 32.2. The summed E-state index contributed by atoms with van der Waals surface area (Å²) in [5, 5.41) is 6.87. The third kappa shape index (κ3) is 1.59. The van der Waals surface area contributed by atoms with Crippen LogP contribution >= 0.6 is 23.1 Å². The minimum absolute atomic E-state index is 0.183. The van der Waals surface area contributed by atoms with Crippen LogP contribution < -0.4 is 5.32 Å². The maximum Gasteiger partial charge on any atom is 0.115 e. The third-order valence-electron chi connectivity index (χ3n) is 2.70. The fourth-order valence-corrected chi connectivity index (χ4v) is 4.00. The van der Waals surface area contributed by atoms with Crippen LogP contribution in [0.2, 0.25) is 0 Å². The van der Waals surface area contributed by atoms with E-state index >= 15 is 0 Å². The molecule has 1 aromatic rings. The molecule has 0 unspecified atom stereocenters. The van der Waals surface area contributed by atoms with Gasteiger partial charge in [0, 0.05) is 16.9 Å². The largest absolute Gasteiger partial charge is 0.307 e. The molecule has 0 amide bonds. The number of thioether (sulfide) groups is 1. The molecule has 4 heteroatoms. The van der Waals surface area contributed by atoms with E-state index in [1.807, 2.05) is 18.8 Å². The van der Waals surface area contributed by atoms with Crippen molar-refractivity contribution in [2.75, 3.05) is 18.6 Å². The zero-order valence-corrected chi connectivity index (χ0v) is 10.5. The highest BCUT2D eigenvalue weighted by Gasteiger charge is 2.40. The monoisotopic (exact) mass is 228 g/mol. The molecule has 0 saturated carbocycles. The zero-order chi connectivity index (χ0) is 10.2. The van der Waals surface area contributed by atoms with Crippen LogP contribution in [0.15, 0.2) is 5.38 Å². The number of hydrogen-bond donors (Lipinski definition) is 1. The number of hydrogen-bond acceptors (Lipinski definition) is 4. The molecule has 0 radical (unpaired) electrons. The lowest BCUT2D eigenvalue weighted by molar-refractivity contribution is 0.435. The summed E-state index contributed by atoms with van der Waals surface area (Å²) in [7, 11) is 2.04. The minimum atomic E-state index is 0.183. The topological polar surface area (TPSA) is 24.9 Å². The summed E-state index contributed by atoms with van der Waals surface area (Å²) in [6.07, 6.45) is 0. The molecule has 0 bridgehead atoms. The average Bonchev–Trinajstić information content (AvgIpc) is 2.52. The van der Waals surface area contributed by atoms with E-state index in [-0.39, 0.29) is 5.54 Å². The Balaban J connectivity index is 2.23. The first-order chi connectivity index (χ1) is 6.68. The second-order valence-corrected chi connectivity index (χ2v) is 5.90. The highest BCUT2D eigenvalue weighted by molar-refractivity contribution is 8.00. The Bertz CT molecular complexity index is 310. The Labute approximate surface area is 93.5 Å². The van der Waals surface area contributed by atoms with Gasteiger partial charge in [-0.1, -0.05) is 13.8 Å². The van der Waals surface area contributed by atoms with Crippen LogP contribution in [0.3, 0.4) is 0 Å². The van der Waals surface area contributed by atoms with Crippen LogP contribution in [0, 0.1) is 0 Å². The molecule has 78 valence electrons. The molecule has 0 atom stereocenters. The van der Waals surface area contributed by atoms with Gasteiger partial charge in [-0.05, 0) is 13.0 Å². The van der Waals surface area contributed by atoms with Crippen LogP contribution in [0.5, 0.6) is 0 Å². The Kier molecular flexibility index (Phi) is 2.86. The summed E-state index contributed by atoms with van der Waals surface area (Å²) >= 11 is 3.78. The molecular formula is C10H16N2S2. The summed E-state index contributed by atoms with van der Waals surface area (Å²) in [4.78, 5) is 4.72. The first-order valence-corrected chi connectivity index (χ1v) is 6.94. The fraction of sp³-hybridized carbons (Fsp3) is 0.700. The summed E-state index contributed by atoms with van der Waals surface area (Å²) in [6, 6.07) is 0. The van der Waals surface area contributed by atoms with Gasteiger partial charge in [0.15, 0.2) is 0 Å². The van der Waals surface area contributed by atoms with Crippen molar-refractivity contribution in [2.24, 2.45) is 0 Å². The Morgan fingerprint density at radius 1 is 1.50 bits per heavy atom. The molecule has 2 nitrogen and oxygen atoms in total. The summed E-state index contributed by atoms with van der Waals surface area (Å²) in [6.45, 7) is 4.39. The smallest absolute Gasteiger partial charge is 0.115 e. The molecule has 1 aromatic heterocycles. The minimum Gasteiger partial charge on any atom is -0.307 e. The molecule has 1 aliphatic heterocycles. The van der Waals surface area contributed by atoms with E-state index in [1.165, 1.54) is 10.7 Å². The number of rotatable bonds is 3. The van der Waals surface area contributed by atoms with E-state index in [2.05, 4.69) is 24.5 Å². The van der Waals surface area contributed by atoms with E-state index in [1.54, 1.807) is 11.3 Å². The highest BCUT2D eigenvalue weighted by Crippen LogP contribution is 2.40. The normalized spacial score (nSPS) is 19.7. The van der Waals surface area contributed by atoms with Crippen molar-refractivity contribution in [3.05, 3.63) is 16.1 Å². The maximum absolute atomic E-state index is 4.72. The van der Waals surface area contributed by atoms with Crippen molar-refractivity contribution in [1.82, 2.24) is 10.3 Å². The molecule has 0 aliphatic carbocycles. The first kappa shape index (κ1) is 10.5. The lowest BCUT2D eigenvalue weighted by Gasteiger charge is -2.39. The molecule has 1 saturated heterocycles. The van der Waals surface area contributed by atoms with E-state index < -0.39 is 0 Å². The summed E-state index contributed by atoms with van der Waals surface area (Å²) in [5.41, 5.74) is 1.42. The standard InChI is InChI=1S/C10H16N2S2/c1-7(2)8-4-14-9(12-8)10(11-3)5-13-6-10/h4,7,11H,5-6H2,1-3H3. The first-order valence-electron chi connectivity index (χ1n) is 4.90. The molecule has 1 fully saturated rings. The molecule has 0 spiro atoms. The van der Waals surface area contributed by atoms with Gasteiger partial charge in [0.25, 0.3) is 0 Å². The number of nitrogens with one attached hydrogen (secondary N) is 1. The molecule has 1 N–H and O–H groups in total. The van der Waals surface area contributed by atoms with Crippen molar-refractivity contribution in [3.8, 4) is 0 Å². The van der Waals surface area contributed by atoms with Crippen molar-refractivity contribution >= 4 is 23.1 Å². The van der Waals surface area contributed by atoms with Crippen LogP contribution in [-0.2, 0) is 5.54 Å². The Hall–Kier alpha value is -0.0600. The van der Waals surface area contributed by atoms with Crippen LogP contribution in [0.1, 0.15) is 30.5 Å². The van der Waals surface area contributed by atoms with Gasteiger partial charge in [-0.2, -0.15) is 11.8 Å². The Morgan fingerprint density at radius 2 is 2.21 bits per heavy atom. The number of aromatic nitrogens is 1. The van der Waals surface area contributed by atoms with Crippen LogP contribution in [-0.4, -0.2) is 23.5 Å². The maximum atomic E-state index is 4.72. The van der Waals surface area contributed by atoms with Gasteiger partial charge >= 0.3 is 0 Å². The molecule has 14 heavy (non-hydrogen) atoms. The van der Waals surface area contributed by atoms with E-state index in [4.69, 9.17) is 4.98 Å². The SMILES string of the molecule is CNC1(c2nc(C(C)C)cs2)CSC1. The quantitative estimate of drug-likeness (QED) is 0.860. The van der Waals surface area contributed by atoms with Crippen molar-refractivity contribution in [2.45, 2.75) is 25.3 Å². The fourth-order valence-electron chi connectivity index (χ4n) is 1.45. The van der Waals surface area contributed by atoms with Gasteiger partial charge < -0.3 is 5.32 Å². The second-order valence-electron chi connectivity index (χ2n) is 4.06. The second kappa shape index (κ2) is 3.83.